The van der Waals surface area contributed by atoms with E-state index in [-0.39, 0.29) is 6.10 Å². The zero-order valence-electron chi connectivity index (χ0n) is 9.41. The van der Waals surface area contributed by atoms with Gasteiger partial charge < -0.3 is 15.8 Å². The second-order valence-electron chi connectivity index (χ2n) is 4.06. The highest BCUT2D eigenvalue weighted by Crippen LogP contribution is 2.27. The van der Waals surface area contributed by atoms with Gasteiger partial charge in [-0.3, -0.25) is 4.79 Å². The molecule has 1 heterocycles. The first kappa shape index (κ1) is 12.4. The molecule has 4 nitrogen and oxygen atoms in total. The molecule has 0 spiro atoms. The molecule has 0 bridgehead atoms. The summed E-state index contributed by atoms with van der Waals surface area (Å²) in [5.41, 5.74) is 5.77. The molecule has 0 unspecified atom stereocenters. The number of benzene rings is 1. The van der Waals surface area contributed by atoms with E-state index in [1.54, 1.807) is 12.1 Å². The van der Waals surface area contributed by atoms with Crippen LogP contribution in [0.5, 0.6) is 5.75 Å². The molecular weight excluding hydrogens is 284 g/mol. The normalized spacial score (nSPS) is 19.9. The van der Waals surface area contributed by atoms with Crippen LogP contribution in [0, 0.1) is 0 Å². The van der Waals surface area contributed by atoms with Crippen LogP contribution in [0.3, 0.4) is 0 Å². The van der Waals surface area contributed by atoms with E-state index in [1.165, 1.54) is 0 Å². The predicted octanol–water partition coefficient (Wildman–Crippen LogP) is 1.68. The second kappa shape index (κ2) is 5.51. The summed E-state index contributed by atoms with van der Waals surface area (Å²) in [6, 6.07) is 5.40. The van der Waals surface area contributed by atoms with Crippen LogP contribution in [0.4, 0.5) is 0 Å². The molecule has 17 heavy (non-hydrogen) atoms. The number of primary amides is 1. The lowest BCUT2D eigenvalue weighted by atomic mass is 10.1. The van der Waals surface area contributed by atoms with Gasteiger partial charge in [-0.2, -0.15) is 0 Å². The van der Waals surface area contributed by atoms with E-state index < -0.39 is 5.91 Å². The number of piperidine rings is 1. The number of hydrogen-bond donors (Lipinski definition) is 2. The molecule has 1 saturated heterocycles. The number of carbonyl (C=O) groups is 1. The Morgan fingerprint density at radius 1 is 1.53 bits per heavy atom. The van der Waals surface area contributed by atoms with Gasteiger partial charge in [-0.1, -0.05) is 6.07 Å². The Morgan fingerprint density at radius 3 is 3.00 bits per heavy atom. The Morgan fingerprint density at radius 2 is 2.35 bits per heavy atom. The molecule has 92 valence electrons. The highest BCUT2D eigenvalue weighted by Gasteiger charge is 2.19. The molecular formula is C12H15BrN2O2. The molecule has 1 aliphatic rings. The summed E-state index contributed by atoms with van der Waals surface area (Å²) in [5, 5.41) is 3.27. The van der Waals surface area contributed by atoms with Gasteiger partial charge in [0.2, 0.25) is 0 Å². The van der Waals surface area contributed by atoms with Gasteiger partial charge in [0.25, 0.3) is 5.91 Å². The topological polar surface area (TPSA) is 64.4 Å². The Bertz CT molecular complexity index is 417. The van der Waals surface area contributed by atoms with Crippen LogP contribution in [0.15, 0.2) is 22.7 Å². The summed E-state index contributed by atoms with van der Waals surface area (Å²) in [6.07, 6.45) is 2.19. The van der Waals surface area contributed by atoms with Crippen molar-refractivity contribution in [2.45, 2.75) is 18.9 Å². The lowest BCUT2D eigenvalue weighted by Crippen LogP contribution is -2.37. The summed E-state index contributed by atoms with van der Waals surface area (Å²) in [6.45, 7) is 1.84. The first-order valence-corrected chi connectivity index (χ1v) is 6.43. The molecule has 1 fully saturated rings. The van der Waals surface area contributed by atoms with Gasteiger partial charge in [0.15, 0.2) is 0 Å². The fourth-order valence-corrected chi connectivity index (χ4v) is 2.49. The molecule has 1 amide bonds. The number of ether oxygens (including phenoxy) is 1. The van der Waals surface area contributed by atoms with Crippen LogP contribution in [0.25, 0.3) is 0 Å². The summed E-state index contributed by atoms with van der Waals surface area (Å²) in [4.78, 5) is 11.4. The van der Waals surface area contributed by atoms with Crippen LogP contribution < -0.4 is 15.8 Å². The summed E-state index contributed by atoms with van der Waals surface area (Å²) in [5.74, 6) is 0.0804. The van der Waals surface area contributed by atoms with Crippen molar-refractivity contribution < 1.29 is 9.53 Å². The fraction of sp³-hybridized carbons (Fsp3) is 0.417. The maximum atomic E-state index is 11.4. The monoisotopic (exact) mass is 298 g/mol. The van der Waals surface area contributed by atoms with Crippen molar-refractivity contribution in [3.05, 3.63) is 28.2 Å². The van der Waals surface area contributed by atoms with E-state index in [2.05, 4.69) is 21.2 Å². The lowest BCUT2D eigenvalue weighted by molar-refractivity contribution is 0.0989. The van der Waals surface area contributed by atoms with Gasteiger partial charge in [0, 0.05) is 11.0 Å². The molecule has 1 aromatic carbocycles. The summed E-state index contributed by atoms with van der Waals surface area (Å²) >= 11 is 3.32. The number of halogens is 1. The molecule has 3 N–H and O–H groups in total. The number of carbonyl (C=O) groups excluding carboxylic acids is 1. The molecule has 1 atom stereocenters. The minimum absolute atomic E-state index is 0.108. The van der Waals surface area contributed by atoms with Crippen molar-refractivity contribution in [3.8, 4) is 5.75 Å². The second-order valence-corrected chi connectivity index (χ2v) is 4.92. The van der Waals surface area contributed by atoms with Crippen LogP contribution >= 0.6 is 15.9 Å². The Labute approximate surface area is 109 Å². The fourth-order valence-electron chi connectivity index (χ4n) is 1.94. The SMILES string of the molecule is NC(=O)c1c(Br)cccc1O[C@H]1CCCNC1. The minimum atomic E-state index is -0.476. The first-order valence-electron chi connectivity index (χ1n) is 5.64. The average molecular weight is 299 g/mol. The quantitative estimate of drug-likeness (QED) is 0.892. The van der Waals surface area contributed by atoms with Gasteiger partial charge in [-0.25, -0.2) is 0 Å². The number of amides is 1. The van der Waals surface area contributed by atoms with Gasteiger partial charge in [0.1, 0.15) is 11.9 Å². The van der Waals surface area contributed by atoms with E-state index in [0.29, 0.717) is 15.8 Å². The van der Waals surface area contributed by atoms with E-state index >= 15 is 0 Å². The van der Waals surface area contributed by atoms with Crippen molar-refractivity contribution >= 4 is 21.8 Å². The van der Waals surface area contributed by atoms with Gasteiger partial charge in [0.05, 0.1) is 5.56 Å². The number of nitrogens with two attached hydrogens (primary N) is 1. The standard InChI is InChI=1S/C12H15BrN2O2/c13-9-4-1-5-10(11(9)12(14)16)17-8-3-2-6-15-7-8/h1,4-5,8,15H,2-3,6-7H2,(H2,14,16)/t8-/m0/s1. The summed E-state index contributed by atoms with van der Waals surface area (Å²) in [7, 11) is 0. The van der Waals surface area contributed by atoms with Crippen molar-refractivity contribution in [1.82, 2.24) is 5.32 Å². The first-order chi connectivity index (χ1) is 8.18. The van der Waals surface area contributed by atoms with Crippen LogP contribution in [0.2, 0.25) is 0 Å². The van der Waals surface area contributed by atoms with Gasteiger partial charge >= 0.3 is 0 Å². The zero-order valence-corrected chi connectivity index (χ0v) is 11.0. The highest BCUT2D eigenvalue weighted by atomic mass is 79.9. The molecule has 1 aromatic rings. The smallest absolute Gasteiger partial charge is 0.253 e. The van der Waals surface area contributed by atoms with Crippen molar-refractivity contribution in [1.29, 1.82) is 0 Å². The average Bonchev–Trinajstić information content (AvgIpc) is 2.30. The van der Waals surface area contributed by atoms with Crippen LogP contribution in [0.1, 0.15) is 23.2 Å². The third-order valence-electron chi connectivity index (χ3n) is 2.77. The van der Waals surface area contributed by atoms with E-state index in [1.807, 2.05) is 6.07 Å². The van der Waals surface area contributed by atoms with Crippen molar-refractivity contribution in [3.63, 3.8) is 0 Å². The Balaban J connectivity index is 2.19. The molecule has 0 aliphatic carbocycles. The number of nitrogens with one attached hydrogen (secondary N) is 1. The van der Waals surface area contributed by atoms with Crippen LogP contribution in [-0.2, 0) is 0 Å². The Hall–Kier alpha value is -1.07. The third kappa shape index (κ3) is 2.98. The molecule has 2 rings (SSSR count). The molecule has 0 aromatic heterocycles. The maximum Gasteiger partial charge on any atom is 0.253 e. The van der Waals surface area contributed by atoms with Crippen molar-refractivity contribution in [2.24, 2.45) is 5.73 Å². The van der Waals surface area contributed by atoms with E-state index in [0.717, 1.165) is 25.9 Å². The number of hydrogen-bond acceptors (Lipinski definition) is 3. The number of rotatable bonds is 3. The van der Waals surface area contributed by atoms with E-state index in [4.69, 9.17) is 10.5 Å². The molecule has 1 aliphatic heterocycles. The third-order valence-corrected chi connectivity index (χ3v) is 3.43. The predicted molar refractivity (Wildman–Crippen MR) is 69.2 cm³/mol. The zero-order chi connectivity index (χ0) is 12.3. The molecule has 0 radical (unpaired) electrons. The van der Waals surface area contributed by atoms with E-state index in [9.17, 15) is 4.79 Å². The molecule has 5 heteroatoms. The molecule has 0 saturated carbocycles. The maximum absolute atomic E-state index is 11.4. The van der Waals surface area contributed by atoms with Crippen molar-refractivity contribution in [2.75, 3.05) is 13.1 Å². The highest BCUT2D eigenvalue weighted by molar-refractivity contribution is 9.10. The lowest BCUT2D eigenvalue weighted by Gasteiger charge is -2.24. The Kier molecular flexibility index (Phi) is 4.02. The van der Waals surface area contributed by atoms with Gasteiger partial charge in [-0.15, -0.1) is 0 Å². The minimum Gasteiger partial charge on any atom is -0.488 e. The summed E-state index contributed by atoms with van der Waals surface area (Å²) < 4.78 is 6.51. The van der Waals surface area contributed by atoms with Gasteiger partial charge in [-0.05, 0) is 47.4 Å². The largest absolute Gasteiger partial charge is 0.488 e. The van der Waals surface area contributed by atoms with Crippen LogP contribution in [-0.4, -0.2) is 25.1 Å².